The second-order valence-corrected chi connectivity index (χ2v) is 28.1. The van der Waals surface area contributed by atoms with Crippen LogP contribution in [0.25, 0.3) is 0 Å². The van der Waals surface area contributed by atoms with Gasteiger partial charge in [-0.3, -0.25) is 9.59 Å². The number of carbonyl (C=O) groups is 2. The van der Waals surface area contributed by atoms with Crippen molar-refractivity contribution in [1.29, 1.82) is 0 Å². The monoisotopic (exact) mass is 1250 g/mol. The highest BCUT2D eigenvalue weighted by atomic mass is 16.5. The summed E-state index contributed by atoms with van der Waals surface area (Å²) in [6.45, 7) is 4.93. The number of hydrogen-bond acceptors (Lipinski definition) is 5. The summed E-state index contributed by atoms with van der Waals surface area (Å²) >= 11 is 0. The third-order valence-corrected chi connectivity index (χ3v) is 19.2. The van der Waals surface area contributed by atoms with Crippen LogP contribution in [0.4, 0.5) is 0 Å². The Hall–Kier alpha value is -1.92. The Balaban J connectivity index is 3.34. The molecular formula is C83H159NO5. The van der Waals surface area contributed by atoms with Crippen LogP contribution in [0.5, 0.6) is 0 Å². The fourth-order valence-corrected chi connectivity index (χ4v) is 13.0. The first-order valence-electron chi connectivity index (χ1n) is 40.8. The van der Waals surface area contributed by atoms with Crippen LogP contribution in [-0.4, -0.2) is 47.4 Å². The van der Waals surface area contributed by atoms with Gasteiger partial charge in [-0.2, -0.15) is 0 Å². The lowest BCUT2D eigenvalue weighted by Gasteiger charge is -2.20. The van der Waals surface area contributed by atoms with Gasteiger partial charge in [-0.15, -0.1) is 0 Å². The lowest BCUT2D eigenvalue weighted by atomic mass is 10.0. The van der Waals surface area contributed by atoms with Gasteiger partial charge in [-0.05, 0) is 64.2 Å². The quantitative estimate of drug-likeness (QED) is 0.0320. The molecule has 0 aliphatic carbocycles. The molecular weight excluding hydrogens is 1090 g/mol. The normalized spacial score (nSPS) is 12.6. The number of allylic oxidation sites excluding steroid dienone is 5. The highest BCUT2D eigenvalue weighted by molar-refractivity contribution is 5.76. The minimum absolute atomic E-state index is 0.0144. The molecule has 89 heavy (non-hydrogen) atoms. The van der Waals surface area contributed by atoms with E-state index in [2.05, 4.69) is 43.5 Å². The second-order valence-electron chi connectivity index (χ2n) is 28.1. The van der Waals surface area contributed by atoms with Gasteiger partial charge in [0.25, 0.3) is 0 Å². The Morgan fingerprint density at radius 1 is 0.315 bits per heavy atom. The van der Waals surface area contributed by atoms with E-state index in [0.717, 1.165) is 51.4 Å². The van der Waals surface area contributed by atoms with Crippen LogP contribution in [0.2, 0.25) is 0 Å². The number of nitrogens with one attached hydrogen (secondary N) is 1. The summed E-state index contributed by atoms with van der Waals surface area (Å²) in [5, 5.41) is 23.3. The number of hydrogen-bond donors (Lipinski definition) is 3. The summed E-state index contributed by atoms with van der Waals surface area (Å²) in [7, 11) is 0. The van der Waals surface area contributed by atoms with E-state index in [1.807, 2.05) is 6.08 Å². The van der Waals surface area contributed by atoms with Crippen LogP contribution in [-0.2, 0) is 14.3 Å². The average molecular weight is 1250 g/mol. The largest absolute Gasteiger partial charge is 0.466 e. The number of aliphatic hydroxyl groups is 2. The Kier molecular flexibility index (Phi) is 76.8. The van der Waals surface area contributed by atoms with Crippen LogP contribution in [0.3, 0.4) is 0 Å². The summed E-state index contributed by atoms with van der Waals surface area (Å²) in [6.07, 6.45) is 103. The van der Waals surface area contributed by atoms with Crippen molar-refractivity contribution in [3.8, 4) is 0 Å². The van der Waals surface area contributed by atoms with Crippen molar-refractivity contribution in [3.05, 3.63) is 36.5 Å². The van der Waals surface area contributed by atoms with E-state index < -0.39 is 12.1 Å². The number of carbonyl (C=O) groups excluding carboxylic acids is 2. The zero-order valence-corrected chi connectivity index (χ0v) is 60.4. The minimum atomic E-state index is -0.843. The van der Waals surface area contributed by atoms with Gasteiger partial charge < -0.3 is 20.3 Å². The molecule has 0 aromatic carbocycles. The third kappa shape index (κ3) is 75.0. The van der Waals surface area contributed by atoms with E-state index in [1.165, 1.54) is 379 Å². The average Bonchev–Trinajstić information content (AvgIpc) is 3.59. The van der Waals surface area contributed by atoms with Gasteiger partial charge >= 0.3 is 5.97 Å². The fourth-order valence-electron chi connectivity index (χ4n) is 13.0. The van der Waals surface area contributed by atoms with Gasteiger partial charge in [-0.25, -0.2) is 0 Å². The predicted molar refractivity (Wildman–Crippen MR) is 393 cm³/mol. The van der Waals surface area contributed by atoms with E-state index in [0.29, 0.717) is 19.4 Å². The molecule has 1 amide bonds. The van der Waals surface area contributed by atoms with E-state index in [9.17, 15) is 19.8 Å². The van der Waals surface area contributed by atoms with Gasteiger partial charge in [0, 0.05) is 12.8 Å². The number of unbranched alkanes of at least 4 members (excludes halogenated alkanes) is 62. The molecule has 2 unspecified atom stereocenters. The predicted octanol–water partition coefficient (Wildman–Crippen LogP) is 27.0. The summed E-state index contributed by atoms with van der Waals surface area (Å²) in [5.41, 5.74) is 0. The Labute approximate surface area is 557 Å². The first-order valence-corrected chi connectivity index (χ1v) is 40.8. The van der Waals surface area contributed by atoms with Gasteiger partial charge in [0.05, 0.1) is 25.4 Å². The standard InChI is InChI=1S/C83H159NO5/c1-3-5-7-9-11-13-15-17-19-21-22-23-37-40-44-47-51-55-59-63-67-71-75-81(86)80(79-85)84-82(87)76-72-68-64-60-56-52-48-45-41-38-35-33-31-29-27-25-24-26-28-30-32-34-36-39-42-46-50-54-58-62-66-70-74-78-89-83(88)77-73-69-65-61-57-53-49-43-20-18-16-14-12-10-8-6-4-2/h12,14,18,20,71,75,80-81,85-86H,3-11,13,15-17,19,21-70,72-74,76-79H2,1-2H3,(H,84,87)/b14-12-,20-18-,75-71+. The molecule has 0 rings (SSSR count). The molecule has 0 saturated heterocycles. The van der Waals surface area contributed by atoms with Gasteiger partial charge in [-0.1, -0.05) is 416 Å². The van der Waals surface area contributed by atoms with Crippen molar-refractivity contribution in [3.63, 3.8) is 0 Å². The van der Waals surface area contributed by atoms with Crippen molar-refractivity contribution < 1.29 is 24.5 Å². The maximum atomic E-state index is 12.6. The molecule has 0 spiro atoms. The summed E-state index contributed by atoms with van der Waals surface area (Å²) in [6, 6.07) is -0.625. The van der Waals surface area contributed by atoms with Crippen molar-refractivity contribution in [2.45, 2.75) is 469 Å². The third-order valence-electron chi connectivity index (χ3n) is 19.2. The Bertz CT molecular complexity index is 1440. The Morgan fingerprint density at radius 3 is 0.876 bits per heavy atom. The van der Waals surface area contributed by atoms with Gasteiger partial charge in [0.1, 0.15) is 0 Å². The zero-order valence-electron chi connectivity index (χ0n) is 60.4. The molecule has 0 aliphatic heterocycles. The number of rotatable bonds is 77. The smallest absolute Gasteiger partial charge is 0.305 e. The SMILES string of the molecule is CCCCC/C=C\C/C=C\CCCCCCCCCC(=O)OCCCCCCCCCCCCCCCCCCCCCCCCCCCCCCCCCCCC(=O)NC(CO)C(O)/C=C/CCCCCCCCCCCCCCCCCCCCCC. The molecule has 3 N–H and O–H groups in total. The highest BCUT2D eigenvalue weighted by Crippen LogP contribution is 2.20. The first-order chi connectivity index (χ1) is 44.0. The fraction of sp³-hybridized carbons (Fsp3) is 0.904. The van der Waals surface area contributed by atoms with Gasteiger partial charge in [0.15, 0.2) is 0 Å². The summed E-state index contributed by atoms with van der Waals surface area (Å²) in [4.78, 5) is 24.7. The molecule has 0 bridgehead atoms. The van der Waals surface area contributed by atoms with Crippen LogP contribution in [0.1, 0.15) is 457 Å². The van der Waals surface area contributed by atoms with E-state index in [1.54, 1.807) is 6.08 Å². The van der Waals surface area contributed by atoms with Crippen LogP contribution in [0, 0.1) is 0 Å². The number of ether oxygens (including phenoxy) is 1. The van der Waals surface area contributed by atoms with Crippen LogP contribution < -0.4 is 5.32 Å². The molecule has 6 nitrogen and oxygen atoms in total. The van der Waals surface area contributed by atoms with E-state index >= 15 is 0 Å². The Morgan fingerprint density at radius 2 is 0.562 bits per heavy atom. The lowest BCUT2D eigenvalue weighted by Crippen LogP contribution is -2.45. The van der Waals surface area contributed by atoms with Crippen LogP contribution >= 0.6 is 0 Å². The van der Waals surface area contributed by atoms with E-state index in [4.69, 9.17) is 4.74 Å². The van der Waals surface area contributed by atoms with Gasteiger partial charge in [0.2, 0.25) is 5.91 Å². The number of esters is 1. The number of amides is 1. The van der Waals surface area contributed by atoms with Crippen molar-refractivity contribution in [2.75, 3.05) is 13.2 Å². The zero-order chi connectivity index (χ0) is 64.2. The second kappa shape index (κ2) is 78.5. The maximum absolute atomic E-state index is 12.6. The number of aliphatic hydroxyl groups excluding tert-OH is 2. The molecule has 0 fully saturated rings. The van der Waals surface area contributed by atoms with Crippen molar-refractivity contribution in [2.24, 2.45) is 0 Å². The van der Waals surface area contributed by atoms with Crippen LogP contribution in [0.15, 0.2) is 36.5 Å². The molecule has 526 valence electrons. The molecule has 2 atom stereocenters. The summed E-state index contributed by atoms with van der Waals surface area (Å²) < 4.78 is 5.51. The topological polar surface area (TPSA) is 95.9 Å². The summed E-state index contributed by atoms with van der Waals surface area (Å²) in [5.74, 6) is -0.0439. The maximum Gasteiger partial charge on any atom is 0.305 e. The molecule has 0 aromatic heterocycles. The van der Waals surface area contributed by atoms with Crippen molar-refractivity contribution in [1.82, 2.24) is 5.32 Å². The molecule has 0 aliphatic rings. The molecule has 0 saturated carbocycles. The first kappa shape index (κ1) is 87.1. The highest BCUT2D eigenvalue weighted by Gasteiger charge is 2.18. The molecule has 0 heterocycles. The molecule has 6 heteroatoms. The molecule has 0 radical (unpaired) electrons. The molecule has 0 aromatic rings. The lowest BCUT2D eigenvalue weighted by molar-refractivity contribution is -0.143. The van der Waals surface area contributed by atoms with E-state index in [-0.39, 0.29) is 18.5 Å². The van der Waals surface area contributed by atoms with Crippen molar-refractivity contribution >= 4 is 11.9 Å². The minimum Gasteiger partial charge on any atom is -0.466 e.